The van der Waals surface area contributed by atoms with Gasteiger partial charge in [-0.1, -0.05) is 13.8 Å². The van der Waals surface area contributed by atoms with Crippen LogP contribution in [0.15, 0.2) is 18.5 Å². The summed E-state index contributed by atoms with van der Waals surface area (Å²) < 4.78 is 0. The molecule has 1 fully saturated rings. The van der Waals surface area contributed by atoms with Crippen LogP contribution in [0.2, 0.25) is 0 Å². The van der Waals surface area contributed by atoms with Crippen LogP contribution in [0.25, 0.3) is 0 Å². The van der Waals surface area contributed by atoms with Gasteiger partial charge in [0.25, 0.3) is 0 Å². The molecule has 2 N–H and O–H groups in total. The summed E-state index contributed by atoms with van der Waals surface area (Å²) in [6.07, 6.45) is 8.47. The Morgan fingerprint density at radius 3 is 2.80 bits per heavy atom. The maximum absolute atomic E-state index is 6.10. The lowest BCUT2D eigenvalue weighted by Gasteiger charge is -2.13. The Kier molecular flexibility index (Phi) is 2.79. The number of hydrogen-bond acceptors (Lipinski definition) is 2. The van der Waals surface area contributed by atoms with Crippen molar-refractivity contribution in [1.82, 2.24) is 4.98 Å². The van der Waals surface area contributed by atoms with Gasteiger partial charge in [0.1, 0.15) is 0 Å². The lowest BCUT2D eigenvalue weighted by molar-refractivity contribution is 0.604. The molecule has 2 nitrogen and oxygen atoms in total. The molecular formula is C13H20N2. The Morgan fingerprint density at radius 1 is 1.47 bits per heavy atom. The van der Waals surface area contributed by atoms with Gasteiger partial charge in [-0.05, 0) is 48.8 Å². The normalized spacial score (nSPS) is 18.1. The third-order valence-electron chi connectivity index (χ3n) is 3.35. The standard InChI is InChI=1S/C13H20N2/c1-10(2)12-4-8-15-9-11(12)3-5-13(14)6-7-13/h4,8-10H,3,5-7,14H2,1-2H3. The minimum Gasteiger partial charge on any atom is -0.325 e. The van der Waals surface area contributed by atoms with Crippen molar-refractivity contribution >= 4 is 0 Å². The van der Waals surface area contributed by atoms with E-state index in [-0.39, 0.29) is 5.54 Å². The van der Waals surface area contributed by atoms with Gasteiger partial charge in [-0.3, -0.25) is 4.98 Å². The van der Waals surface area contributed by atoms with Crippen LogP contribution >= 0.6 is 0 Å². The molecule has 1 saturated carbocycles. The summed E-state index contributed by atoms with van der Waals surface area (Å²) in [6.45, 7) is 4.46. The van der Waals surface area contributed by atoms with Crippen LogP contribution in [0, 0.1) is 0 Å². The molecule has 15 heavy (non-hydrogen) atoms. The molecule has 0 radical (unpaired) electrons. The molecule has 0 aromatic carbocycles. The molecule has 1 aliphatic carbocycles. The fourth-order valence-corrected chi connectivity index (χ4v) is 2.00. The summed E-state index contributed by atoms with van der Waals surface area (Å²) in [5.41, 5.74) is 9.06. The Labute approximate surface area is 91.9 Å². The van der Waals surface area contributed by atoms with E-state index in [4.69, 9.17) is 5.73 Å². The fourth-order valence-electron chi connectivity index (χ4n) is 2.00. The summed E-state index contributed by atoms with van der Waals surface area (Å²) in [4.78, 5) is 4.21. The Bertz CT molecular complexity index is 340. The number of rotatable bonds is 4. The second-order valence-corrected chi connectivity index (χ2v) is 5.09. The topological polar surface area (TPSA) is 38.9 Å². The van der Waals surface area contributed by atoms with E-state index in [0.717, 1.165) is 12.8 Å². The van der Waals surface area contributed by atoms with Gasteiger partial charge < -0.3 is 5.73 Å². The zero-order chi connectivity index (χ0) is 10.9. The SMILES string of the molecule is CC(C)c1ccncc1CCC1(N)CC1. The van der Waals surface area contributed by atoms with E-state index in [9.17, 15) is 0 Å². The first kappa shape index (κ1) is 10.6. The van der Waals surface area contributed by atoms with Crippen LogP contribution in [0.1, 0.15) is 50.2 Å². The monoisotopic (exact) mass is 204 g/mol. The molecule has 1 aromatic heterocycles. The summed E-state index contributed by atoms with van der Waals surface area (Å²) in [5.74, 6) is 0.580. The van der Waals surface area contributed by atoms with Crippen molar-refractivity contribution in [3.63, 3.8) is 0 Å². The van der Waals surface area contributed by atoms with E-state index in [0.29, 0.717) is 5.92 Å². The zero-order valence-corrected chi connectivity index (χ0v) is 9.66. The molecule has 0 atom stereocenters. The molecule has 1 aromatic rings. The second kappa shape index (κ2) is 3.93. The molecule has 2 rings (SSSR count). The highest BCUT2D eigenvalue weighted by Crippen LogP contribution is 2.37. The van der Waals surface area contributed by atoms with Crippen LogP contribution in [0.5, 0.6) is 0 Å². The predicted octanol–water partition coefficient (Wildman–Crippen LogP) is 2.63. The fraction of sp³-hybridized carbons (Fsp3) is 0.615. The molecule has 1 heterocycles. The van der Waals surface area contributed by atoms with Crippen LogP contribution in [-0.2, 0) is 6.42 Å². The van der Waals surface area contributed by atoms with Gasteiger partial charge in [0.2, 0.25) is 0 Å². The number of hydrogen-bond donors (Lipinski definition) is 1. The van der Waals surface area contributed by atoms with Crippen LogP contribution < -0.4 is 5.73 Å². The molecular weight excluding hydrogens is 184 g/mol. The lowest BCUT2D eigenvalue weighted by Crippen LogP contribution is -2.22. The van der Waals surface area contributed by atoms with Crippen molar-refractivity contribution < 1.29 is 0 Å². The molecule has 0 aliphatic heterocycles. The largest absolute Gasteiger partial charge is 0.325 e. The van der Waals surface area contributed by atoms with E-state index >= 15 is 0 Å². The highest BCUT2D eigenvalue weighted by molar-refractivity contribution is 5.27. The van der Waals surface area contributed by atoms with E-state index in [1.54, 1.807) is 0 Å². The van der Waals surface area contributed by atoms with Crippen LogP contribution in [0.3, 0.4) is 0 Å². The Morgan fingerprint density at radius 2 is 2.20 bits per heavy atom. The summed E-state index contributed by atoms with van der Waals surface area (Å²) in [6, 6.07) is 2.14. The van der Waals surface area contributed by atoms with E-state index in [1.165, 1.54) is 24.0 Å². The van der Waals surface area contributed by atoms with Crippen molar-refractivity contribution in [3.05, 3.63) is 29.6 Å². The van der Waals surface area contributed by atoms with Crippen LogP contribution in [0.4, 0.5) is 0 Å². The third kappa shape index (κ3) is 2.57. The minimum absolute atomic E-state index is 0.157. The Balaban J connectivity index is 2.06. The quantitative estimate of drug-likeness (QED) is 0.818. The van der Waals surface area contributed by atoms with Crippen molar-refractivity contribution in [2.24, 2.45) is 5.73 Å². The van der Waals surface area contributed by atoms with Gasteiger partial charge in [0.15, 0.2) is 0 Å². The number of aryl methyl sites for hydroxylation is 1. The molecule has 0 spiro atoms. The summed E-state index contributed by atoms with van der Waals surface area (Å²) in [5, 5.41) is 0. The van der Waals surface area contributed by atoms with Gasteiger partial charge in [-0.15, -0.1) is 0 Å². The molecule has 0 unspecified atom stereocenters. The van der Waals surface area contributed by atoms with Gasteiger partial charge in [0, 0.05) is 17.9 Å². The average Bonchev–Trinajstić information content (AvgIpc) is 2.95. The van der Waals surface area contributed by atoms with E-state index in [2.05, 4.69) is 24.9 Å². The van der Waals surface area contributed by atoms with Gasteiger partial charge in [0.05, 0.1) is 0 Å². The molecule has 2 heteroatoms. The first-order valence-electron chi connectivity index (χ1n) is 5.82. The van der Waals surface area contributed by atoms with E-state index in [1.807, 2.05) is 12.4 Å². The highest BCUT2D eigenvalue weighted by atomic mass is 14.8. The van der Waals surface area contributed by atoms with Crippen molar-refractivity contribution in [2.45, 2.75) is 51.0 Å². The maximum atomic E-state index is 6.10. The molecule has 0 saturated heterocycles. The van der Waals surface area contributed by atoms with Crippen LogP contribution in [-0.4, -0.2) is 10.5 Å². The number of nitrogens with two attached hydrogens (primary N) is 1. The van der Waals surface area contributed by atoms with Gasteiger partial charge >= 0.3 is 0 Å². The molecule has 1 aliphatic rings. The van der Waals surface area contributed by atoms with Crippen molar-refractivity contribution in [1.29, 1.82) is 0 Å². The lowest BCUT2D eigenvalue weighted by atomic mass is 9.95. The average molecular weight is 204 g/mol. The molecule has 82 valence electrons. The first-order chi connectivity index (χ1) is 7.11. The number of nitrogens with zero attached hydrogens (tertiary/aromatic N) is 1. The van der Waals surface area contributed by atoms with E-state index < -0.39 is 0 Å². The molecule has 0 bridgehead atoms. The summed E-state index contributed by atoms with van der Waals surface area (Å²) >= 11 is 0. The first-order valence-corrected chi connectivity index (χ1v) is 5.82. The molecule has 0 amide bonds. The maximum Gasteiger partial charge on any atom is 0.0302 e. The highest BCUT2D eigenvalue weighted by Gasteiger charge is 2.37. The third-order valence-corrected chi connectivity index (χ3v) is 3.35. The second-order valence-electron chi connectivity index (χ2n) is 5.09. The zero-order valence-electron chi connectivity index (χ0n) is 9.66. The van der Waals surface area contributed by atoms with Gasteiger partial charge in [-0.25, -0.2) is 0 Å². The van der Waals surface area contributed by atoms with Gasteiger partial charge in [-0.2, -0.15) is 0 Å². The minimum atomic E-state index is 0.157. The van der Waals surface area contributed by atoms with Crippen molar-refractivity contribution in [2.75, 3.05) is 0 Å². The number of pyridine rings is 1. The predicted molar refractivity (Wildman–Crippen MR) is 62.8 cm³/mol. The smallest absolute Gasteiger partial charge is 0.0302 e. The van der Waals surface area contributed by atoms with Crippen molar-refractivity contribution in [3.8, 4) is 0 Å². The number of aromatic nitrogens is 1. The Hall–Kier alpha value is -0.890. The summed E-state index contributed by atoms with van der Waals surface area (Å²) in [7, 11) is 0.